The molecular formula is C27H27ClFN5O5. The van der Waals surface area contributed by atoms with Gasteiger partial charge in [-0.25, -0.2) is 14.4 Å². The smallest absolute Gasteiger partial charge is 0.300 e. The zero-order valence-electron chi connectivity index (χ0n) is 21.3. The van der Waals surface area contributed by atoms with Crippen LogP contribution < -0.4 is 20.3 Å². The van der Waals surface area contributed by atoms with Crippen LogP contribution in [0.25, 0.3) is 16.8 Å². The molecule has 0 radical (unpaired) electrons. The van der Waals surface area contributed by atoms with Crippen molar-refractivity contribution >= 4 is 28.8 Å². The van der Waals surface area contributed by atoms with E-state index in [9.17, 15) is 14.0 Å². The van der Waals surface area contributed by atoms with Gasteiger partial charge in [-0.1, -0.05) is 11.6 Å². The maximum Gasteiger partial charge on any atom is 0.300 e. The molecule has 39 heavy (non-hydrogen) atoms. The van der Waals surface area contributed by atoms with E-state index in [1.807, 2.05) is 0 Å². The maximum absolute atomic E-state index is 13.5. The minimum Gasteiger partial charge on any atom is -0.485 e. The van der Waals surface area contributed by atoms with Gasteiger partial charge < -0.3 is 19.5 Å². The molecule has 5 rings (SSSR count). The number of nitrogens with zero attached hydrogens (tertiary/aromatic N) is 4. The number of allylic oxidation sites excluding steroid dienone is 3. The second-order valence-electron chi connectivity index (χ2n) is 9.03. The number of hydrogen-bond acceptors (Lipinski definition) is 8. The third-order valence-electron chi connectivity index (χ3n) is 6.52. The Balaban J connectivity index is 1.38. The van der Waals surface area contributed by atoms with E-state index in [4.69, 9.17) is 25.8 Å². The number of methoxy groups -OCH3 is 1. The van der Waals surface area contributed by atoms with Crippen LogP contribution in [0.15, 0.2) is 64.1 Å². The molecule has 0 saturated carbocycles. The summed E-state index contributed by atoms with van der Waals surface area (Å²) in [4.78, 5) is 36.9. The van der Waals surface area contributed by atoms with Crippen LogP contribution >= 0.6 is 11.6 Å². The van der Waals surface area contributed by atoms with Crippen molar-refractivity contribution in [1.82, 2.24) is 19.3 Å². The SMILES string of the molecule is COc1ncc(-c2ccc3ncc(OCCN4CCOCC4)c(=O)n3c2)cc1NC(=O)C1=C(Cl)C=C(F)CC1. The van der Waals surface area contributed by atoms with Crippen molar-refractivity contribution in [1.29, 1.82) is 0 Å². The predicted octanol–water partition coefficient (Wildman–Crippen LogP) is 3.55. The fraction of sp³-hybridized carbons (Fsp3) is 0.333. The summed E-state index contributed by atoms with van der Waals surface area (Å²) in [5.41, 5.74) is 1.97. The largest absolute Gasteiger partial charge is 0.485 e. The second kappa shape index (κ2) is 11.9. The number of pyridine rings is 2. The molecule has 204 valence electrons. The summed E-state index contributed by atoms with van der Waals surface area (Å²) in [6.07, 6.45) is 6.08. The molecule has 0 aromatic carbocycles. The summed E-state index contributed by atoms with van der Waals surface area (Å²) in [5, 5.41) is 2.82. The molecule has 1 N–H and O–H groups in total. The van der Waals surface area contributed by atoms with Gasteiger partial charge in [0.1, 0.15) is 23.8 Å². The van der Waals surface area contributed by atoms with Gasteiger partial charge in [-0.15, -0.1) is 0 Å². The molecule has 0 bridgehead atoms. The summed E-state index contributed by atoms with van der Waals surface area (Å²) in [5.74, 6) is -0.498. The molecule has 1 aliphatic carbocycles. The number of nitrogens with one attached hydrogen (secondary N) is 1. The van der Waals surface area contributed by atoms with E-state index in [-0.39, 0.29) is 46.5 Å². The van der Waals surface area contributed by atoms with Gasteiger partial charge in [0.15, 0.2) is 0 Å². The average Bonchev–Trinajstić information content (AvgIpc) is 2.94. The quantitative estimate of drug-likeness (QED) is 0.450. The van der Waals surface area contributed by atoms with Crippen LogP contribution in [0.2, 0.25) is 0 Å². The summed E-state index contributed by atoms with van der Waals surface area (Å²) < 4.78 is 31.3. The zero-order valence-corrected chi connectivity index (χ0v) is 22.0. The van der Waals surface area contributed by atoms with Crippen molar-refractivity contribution in [3.05, 3.63) is 69.7 Å². The van der Waals surface area contributed by atoms with Crippen molar-refractivity contribution in [3.8, 4) is 22.8 Å². The number of hydrogen-bond donors (Lipinski definition) is 1. The van der Waals surface area contributed by atoms with Crippen LogP contribution in [0.5, 0.6) is 11.6 Å². The fourth-order valence-electron chi connectivity index (χ4n) is 4.38. The third-order valence-corrected chi connectivity index (χ3v) is 6.86. The zero-order chi connectivity index (χ0) is 27.4. The van der Waals surface area contributed by atoms with Crippen LogP contribution in [-0.2, 0) is 9.53 Å². The van der Waals surface area contributed by atoms with E-state index in [0.29, 0.717) is 48.8 Å². The van der Waals surface area contributed by atoms with E-state index in [1.165, 1.54) is 17.7 Å². The normalized spacial score (nSPS) is 16.2. The number of anilines is 1. The molecule has 1 saturated heterocycles. The highest BCUT2D eigenvalue weighted by Gasteiger charge is 2.21. The van der Waals surface area contributed by atoms with Crippen LogP contribution in [0, 0.1) is 0 Å². The Labute approximate surface area is 228 Å². The van der Waals surface area contributed by atoms with Crippen molar-refractivity contribution in [2.45, 2.75) is 12.8 Å². The van der Waals surface area contributed by atoms with Gasteiger partial charge in [-0.3, -0.25) is 18.9 Å². The Kier molecular flexibility index (Phi) is 8.20. The summed E-state index contributed by atoms with van der Waals surface area (Å²) in [7, 11) is 1.43. The summed E-state index contributed by atoms with van der Waals surface area (Å²) in [6, 6.07) is 5.19. The molecule has 4 heterocycles. The molecule has 3 aromatic heterocycles. The number of ether oxygens (including phenoxy) is 3. The number of halogens is 2. The number of morpholine rings is 1. The van der Waals surface area contributed by atoms with Gasteiger partial charge in [-0.2, -0.15) is 0 Å². The highest BCUT2D eigenvalue weighted by Crippen LogP contribution is 2.31. The number of fused-ring (bicyclic) bond motifs is 1. The minimum absolute atomic E-state index is 0.0590. The monoisotopic (exact) mass is 555 g/mol. The van der Waals surface area contributed by atoms with Crippen molar-refractivity contribution in [2.75, 3.05) is 51.9 Å². The van der Waals surface area contributed by atoms with Crippen LogP contribution in [0.1, 0.15) is 12.8 Å². The molecule has 0 spiro atoms. The topological polar surface area (TPSA) is 107 Å². The molecule has 0 unspecified atom stereocenters. The maximum atomic E-state index is 13.5. The van der Waals surface area contributed by atoms with Gasteiger partial charge >= 0.3 is 0 Å². The predicted molar refractivity (Wildman–Crippen MR) is 144 cm³/mol. The van der Waals surface area contributed by atoms with Crippen LogP contribution in [0.4, 0.5) is 10.1 Å². The number of rotatable bonds is 8. The molecule has 10 nitrogen and oxygen atoms in total. The Morgan fingerprint density at radius 3 is 2.77 bits per heavy atom. The molecule has 1 aliphatic heterocycles. The van der Waals surface area contributed by atoms with Crippen molar-refractivity contribution < 1.29 is 23.4 Å². The Hall–Kier alpha value is -3.80. The first-order valence-corrected chi connectivity index (χ1v) is 12.9. The number of carbonyl (C=O) groups excluding carboxylic acids is 1. The lowest BCUT2D eigenvalue weighted by molar-refractivity contribution is -0.113. The lowest BCUT2D eigenvalue weighted by Gasteiger charge is -2.26. The lowest BCUT2D eigenvalue weighted by atomic mass is 10.0. The molecule has 1 amide bonds. The molecular weight excluding hydrogens is 529 g/mol. The van der Waals surface area contributed by atoms with Crippen molar-refractivity contribution in [3.63, 3.8) is 0 Å². The number of carbonyl (C=O) groups is 1. The minimum atomic E-state index is -0.473. The van der Waals surface area contributed by atoms with Gasteiger partial charge in [0, 0.05) is 55.1 Å². The molecule has 2 aliphatic rings. The Morgan fingerprint density at radius 1 is 1.18 bits per heavy atom. The van der Waals surface area contributed by atoms with E-state index >= 15 is 0 Å². The highest BCUT2D eigenvalue weighted by atomic mass is 35.5. The first-order valence-electron chi connectivity index (χ1n) is 12.5. The molecule has 0 atom stereocenters. The first-order chi connectivity index (χ1) is 18.9. The number of aromatic nitrogens is 3. The molecule has 3 aromatic rings. The van der Waals surface area contributed by atoms with Crippen LogP contribution in [0.3, 0.4) is 0 Å². The molecule has 12 heteroatoms. The van der Waals surface area contributed by atoms with E-state index < -0.39 is 5.91 Å². The highest BCUT2D eigenvalue weighted by molar-refractivity contribution is 6.34. The fourth-order valence-corrected chi connectivity index (χ4v) is 4.68. The van der Waals surface area contributed by atoms with Gasteiger partial charge in [0.25, 0.3) is 11.5 Å². The average molecular weight is 556 g/mol. The van der Waals surface area contributed by atoms with E-state index in [1.54, 1.807) is 30.6 Å². The second-order valence-corrected chi connectivity index (χ2v) is 9.44. The third kappa shape index (κ3) is 6.11. The first kappa shape index (κ1) is 26.8. The standard InChI is InChI=1S/C27H27ClFN5O5/c1-37-26-22(32-25(35)20-4-3-19(29)13-21(20)28)12-18(14-31-26)17-2-5-24-30-15-23(27(36)34(24)16-17)39-11-8-33-6-9-38-10-7-33/h2,5,12-16H,3-4,6-11H2,1H3,(H,32,35). The summed E-state index contributed by atoms with van der Waals surface area (Å²) in [6.45, 7) is 4.09. The van der Waals surface area contributed by atoms with Gasteiger partial charge in [0.2, 0.25) is 11.6 Å². The van der Waals surface area contributed by atoms with Gasteiger partial charge in [0.05, 0.1) is 31.6 Å². The van der Waals surface area contributed by atoms with Crippen molar-refractivity contribution in [2.24, 2.45) is 0 Å². The Morgan fingerprint density at radius 2 is 2.00 bits per heavy atom. The lowest BCUT2D eigenvalue weighted by Crippen LogP contribution is -2.38. The van der Waals surface area contributed by atoms with E-state index in [0.717, 1.165) is 19.2 Å². The molecule has 1 fully saturated rings. The summed E-state index contributed by atoms with van der Waals surface area (Å²) >= 11 is 6.09. The Bertz CT molecular complexity index is 1520. The van der Waals surface area contributed by atoms with Crippen LogP contribution in [-0.4, -0.2) is 71.7 Å². The van der Waals surface area contributed by atoms with E-state index in [2.05, 4.69) is 20.2 Å². The number of amides is 1. The van der Waals surface area contributed by atoms with Gasteiger partial charge in [-0.05, 0) is 30.7 Å².